The number of nitrogens with one attached hydrogen (secondary N) is 1. The maximum Gasteiger partial charge on any atom is 0.231 e. The minimum Gasteiger partial charge on any atom is -0.327 e. The summed E-state index contributed by atoms with van der Waals surface area (Å²) in [6.45, 7) is 1.77. The summed E-state index contributed by atoms with van der Waals surface area (Å²) in [5.41, 5.74) is 5.18. The molecule has 1 aromatic rings. The van der Waals surface area contributed by atoms with Gasteiger partial charge >= 0.3 is 0 Å². The van der Waals surface area contributed by atoms with Crippen molar-refractivity contribution in [2.45, 2.75) is 32.2 Å². The lowest BCUT2D eigenvalue weighted by atomic mass is 9.84. The van der Waals surface area contributed by atoms with E-state index in [-0.39, 0.29) is 22.1 Å². The quantitative estimate of drug-likeness (QED) is 0.873. The van der Waals surface area contributed by atoms with Crippen molar-refractivity contribution in [3.8, 4) is 0 Å². The van der Waals surface area contributed by atoms with Gasteiger partial charge in [0.1, 0.15) is 5.82 Å². The fourth-order valence-electron chi connectivity index (χ4n) is 2.39. The second-order valence-electron chi connectivity index (χ2n) is 5.11. The molecule has 6 heteroatoms. The van der Waals surface area contributed by atoms with Gasteiger partial charge in [-0.2, -0.15) is 0 Å². The van der Waals surface area contributed by atoms with Crippen molar-refractivity contribution >= 4 is 27.5 Å². The van der Waals surface area contributed by atoms with Crippen LogP contribution in [0.25, 0.3) is 0 Å². The van der Waals surface area contributed by atoms with Crippen molar-refractivity contribution in [3.63, 3.8) is 0 Å². The van der Waals surface area contributed by atoms with E-state index in [1.807, 2.05) is 0 Å². The predicted octanol–water partition coefficient (Wildman–Crippen LogP) is 3.18. The molecule has 0 spiro atoms. The topological polar surface area (TPSA) is 55.1 Å². The first kappa shape index (κ1) is 14.4. The van der Waals surface area contributed by atoms with E-state index in [1.54, 1.807) is 6.92 Å². The Kier molecular flexibility index (Phi) is 3.92. The monoisotopic (exact) mass is 332 g/mol. The van der Waals surface area contributed by atoms with E-state index >= 15 is 0 Å². The number of benzene rings is 1. The van der Waals surface area contributed by atoms with Crippen LogP contribution in [0.3, 0.4) is 0 Å². The molecule has 1 aliphatic rings. The van der Waals surface area contributed by atoms with Gasteiger partial charge in [0.05, 0.1) is 11.1 Å². The van der Waals surface area contributed by atoms with E-state index in [1.165, 1.54) is 0 Å². The van der Waals surface area contributed by atoms with Crippen molar-refractivity contribution in [1.82, 2.24) is 0 Å². The SMILES string of the molecule is CC1(C(=O)Nc2c(F)cc(F)cc2Br)CCCC1N. The fraction of sp³-hybridized carbons (Fsp3) is 0.462. The van der Waals surface area contributed by atoms with Crippen LogP contribution in [0.1, 0.15) is 26.2 Å². The normalized spacial score (nSPS) is 26.5. The standard InChI is InChI=1S/C13H15BrF2N2O/c1-13(4-2-3-10(13)17)12(19)18-11-8(14)5-7(15)6-9(11)16/h5-6,10H,2-4,17H2,1H3,(H,18,19). The maximum absolute atomic E-state index is 13.7. The molecule has 1 amide bonds. The van der Waals surface area contributed by atoms with Gasteiger partial charge in [-0.1, -0.05) is 6.42 Å². The average molecular weight is 333 g/mol. The molecule has 1 saturated carbocycles. The number of nitrogens with two attached hydrogens (primary N) is 1. The third-order valence-corrected chi connectivity index (χ3v) is 4.42. The molecule has 0 aromatic heterocycles. The largest absolute Gasteiger partial charge is 0.327 e. The second kappa shape index (κ2) is 5.17. The zero-order valence-corrected chi connectivity index (χ0v) is 12.1. The maximum atomic E-state index is 13.7. The van der Waals surface area contributed by atoms with Crippen molar-refractivity contribution in [2.75, 3.05) is 5.32 Å². The Hall–Kier alpha value is -1.01. The highest BCUT2D eigenvalue weighted by Crippen LogP contribution is 2.38. The molecule has 104 valence electrons. The van der Waals surface area contributed by atoms with Crippen LogP contribution in [0.2, 0.25) is 0 Å². The number of halogens is 3. The van der Waals surface area contributed by atoms with Gasteiger partial charge in [-0.05, 0) is 41.8 Å². The lowest BCUT2D eigenvalue weighted by molar-refractivity contribution is -0.125. The summed E-state index contributed by atoms with van der Waals surface area (Å²) in [5.74, 6) is -1.84. The smallest absolute Gasteiger partial charge is 0.231 e. The van der Waals surface area contributed by atoms with Crippen LogP contribution < -0.4 is 11.1 Å². The summed E-state index contributed by atoms with van der Waals surface area (Å²) in [6, 6.07) is 1.60. The minimum atomic E-state index is -0.810. The number of hydrogen-bond donors (Lipinski definition) is 2. The van der Waals surface area contributed by atoms with E-state index in [9.17, 15) is 13.6 Å². The van der Waals surface area contributed by atoms with Crippen molar-refractivity contribution < 1.29 is 13.6 Å². The number of carbonyl (C=O) groups is 1. The van der Waals surface area contributed by atoms with Crippen molar-refractivity contribution in [3.05, 3.63) is 28.2 Å². The average Bonchev–Trinajstić information content (AvgIpc) is 2.65. The molecule has 1 aliphatic carbocycles. The van der Waals surface area contributed by atoms with Gasteiger partial charge < -0.3 is 11.1 Å². The second-order valence-corrected chi connectivity index (χ2v) is 5.97. The molecule has 2 unspecified atom stereocenters. The summed E-state index contributed by atoms with van der Waals surface area (Å²) in [5, 5.41) is 2.51. The summed E-state index contributed by atoms with van der Waals surface area (Å²) >= 11 is 3.04. The molecule has 3 nitrogen and oxygen atoms in total. The molecule has 19 heavy (non-hydrogen) atoms. The summed E-state index contributed by atoms with van der Waals surface area (Å²) in [6.07, 6.45) is 2.32. The van der Waals surface area contributed by atoms with Gasteiger partial charge in [0, 0.05) is 16.6 Å². The third kappa shape index (κ3) is 2.65. The van der Waals surface area contributed by atoms with Gasteiger partial charge in [-0.25, -0.2) is 8.78 Å². The molecule has 1 aromatic carbocycles. The molecule has 2 atom stereocenters. The molecule has 0 heterocycles. The minimum absolute atomic E-state index is 0.0493. The Labute approximate surface area is 118 Å². The number of anilines is 1. The van der Waals surface area contributed by atoms with Gasteiger partial charge in [0.2, 0.25) is 5.91 Å². The summed E-state index contributed by atoms with van der Waals surface area (Å²) < 4.78 is 26.8. The highest BCUT2D eigenvalue weighted by molar-refractivity contribution is 9.10. The Morgan fingerprint density at radius 3 is 2.74 bits per heavy atom. The highest BCUT2D eigenvalue weighted by Gasteiger charge is 2.43. The van der Waals surface area contributed by atoms with Gasteiger partial charge in [-0.15, -0.1) is 0 Å². The highest BCUT2D eigenvalue weighted by atomic mass is 79.9. The first-order valence-electron chi connectivity index (χ1n) is 6.06. The third-order valence-electron chi connectivity index (χ3n) is 3.79. The predicted molar refractivity (Wildman–Crippen MR) is 72.6 cm³/mol. The van der Waals surface area contributed by atoms with Gasteiger partial charge in [-0.3, -0.25) is 4.79 Å². The van der Waals surface area contributed by atoms with Crippen LogP contribution in [0, 0.1) is 17.0 Å². The van der Waals surface area contributed by atoms with E-state index in [2.05, 4.69) is 21.2 Å². The molecule has 0 aliphatic heterocycles. The zero-order valence-electron chi connectivity index (χ0n) is 10.5. The van der Waals surface area contributed by atoms with Crippen LogP contribution >= 0.6 is 15.9 Å². The Morgan fingerprint density at radius 1 is 1.53 bits per heavy atom. The Morgan fingerprint density at radius 2 is 2.21 bits per heavy atom. The fourth-order valence-corrected chi connectivity index (χ4v) is 2.90. The van der Waals surface area contributed by atoms with Gasteiger partial charge in [0.15, 0.2) is 5.82 Å². The zero-order chi connectivity index (χ0) is 14.2. The van der Waals surface area contributed by atoms with E-state index in [4.69, 9.17) is 5.73 Å². The molecule has 1 fully saturated rings. The summed E-state index contributed by atoms with van der Waals surface area (Å²) in [7, 11) is 0. The van der Waals surface area contributed by atoms with E-state index < -0.39 is 17.0 Å². The first-order chi connectivity index (χ1) is 8.84. The number of hydrogen-bond acceptors (Lipinski definition) is 2. The van der Waals surface area contributed by atoms with Crippen molar-refractivity contribution in [1.29, 1.82) is 0 Å². The molecule has 0 radical (unpaired) electrons. The van der Waals surface area contributed by atoms with Crippen LogP contribution in [0.4, 0.5) is 14.5 Å². The van der Waals surface area contributed by atoms with Crippen LogP contribution in [0.15, 0.2) is 16.6 Å². The molecular formula is C13H15BrF2N2O. The lowest BCUT2D eigenvalue weighted by Crippen LogP contribution is -2.44. The molecule has 0 saturated heterocycles. The van der Waals surface area contributed by atoms with Crippen LogP contribution in [-0.2, 0) is 4.79 Å². The number of amides is 1. The number of rotatable bonds is 2. The van der Waals surface area contributed by atoms with Crippen molar-refractivity contribution in [2.24, 2.45) is 11.1 Å². The summed E-state index contributed by atoms with van der Waals surface area (Å²) in [4.78, 5) is 12.3. The van der Waals surface area contributed by atoms with Crippen LogP contribution in [-0.4, -0.2) is 11.9 Å². The first-order valence-corrected chi connectivity index (χ1v) is 6.85. The molecule has 3 N–H and O–H groups in total. The molecular weight excluding hydrogens is 318 g/mol. The van der Waals surface area contributed by atoms with E-state index in [0.717, 1.165) is 25.0 Å². The number of carbonyl (C=O) groups excluding carboxylic acids is 1. The molecule has 2 rings (SSSR count). The van der Waals surface area contributed by atoms with Gasteiger partial charge in [0.25, 0.3) is 0 Å². The molecule has 0 bridgehead atoms. The van der Waals surface area contributed by atoms with E-state index in [0.29, 0.717) is 6.42 Å². The van der Waals surface area contributed by atoms with Crippen LogP contribution in [0.5, 0.6) is 0 Å². The lowest BCUT2D eigenvalue weighted by Gasteiger charge is -2.27. The Balaban J connectivity index is 2.25. The Bertz CT molecular complexity index is 500.